The Kier molecular flexibility index (Phi) is 6.57. The molecule has 1 aromatic heterocycles. The number of carbonyl (C=O) groups is 1. The highest BCUT2D eigenvalue weighted by Gasteiger charge is 2.31. The monoisotopic (exact) mass is 423 g/mol. The lowest BCUT2D eigenvalue weighted by Gasteiger charge is -2.17. The van der Waals surface area contributed by atoms with Crippen LogP contribution in [-0.2, 0) is 14.6 Å². The van der Waals surface area contributed by atoms with Gasteiger partial charge in [-0.25, -0.2) is 8.42 Å². The Morgan fingerprint density at radius 3 is 2.40 bits per heavy atom. The molecule has 2 aromatic carbocycles. The van der Waals surface area contributed by atoms with Crippen molar-refractivity contribution in [3.63, 3.8) is 0 Å². The Balaban J connectivity index is 1.78. The number of benzene rings is 2. The second-order valence-corrected chi connectivity index (χ2v) is 9.41. The van der Waals surface area contributed by atoms with Crippen molar-refractivity contribution in [2.45, 2.75) is 30.9 Å². The van der Waals surface area contributed by atoms with Gasteiger partial charge in [0.15, 0.2) is 9.84 Å². The molecule has 3 rings (SSSR count). The summed E-state index contributed by atoms with van der Waals surface area (Å²) >= 11 is 0. The minimum Gasteiger partial charge on any atom is -0.468 e. The fourth-order valence-corrected chi connectivity index (χ4v) is 4.66. The maximum Gasteiger partial charge on any atom is 0.244 e. The summed E-state index contributed by atoms with van der Waals surface area (Å²) < 4.78 is 32.0. The van der Waals surface area contributed by atoms with Crippen LogP contribution in [0.5, 0.6) is 0 Å². The van der Waals surface area contributed by atoms with Crippen molar-refractivity contribution in [1.29, 1.82) is 0 Å². The van der Waals surface area contributed by atoms with E-state index in [0.29, 0.717) is 0 Å². The van der Waals surface area contributed by atoms with E-state index in [4.69, 9.17) is 4.42 Å². The molecule has 1 N–H and O–H groups in total. The zero-order chi connectivity index (χ0) is 21.7. The molecule has 1 amide bonds. The summed E-state index contributed by atoms with van der Waals surface area (Å²) in [6.07, 6.45) is 4.51. The van der Waals surface area contributed by atoms with Crippen LogP contribution in [0.15, 0.2) is 76.2 Å². The number of hydrogen-bond acceptors (Lipinski definition) is 4. The number of hydrogen-bond donors (Lipinski definition) is 1. The Hall–Kier alpha value is -3.12. The van der Waals surface area contributed by atoms with Crippen LogP contribution >= 0.6 is 0 Å². The van der Waals surface area contributed by atoms with Crippen LogP contribution in [0.4, 0.5) is 0 Å². The number of furan rings is 1. The summed E-state index contributed by atoms with van der Waals surface area (Å²) in [6.45, 7) is 5.69. The van der Waals surface area contributed by atoms with E-state index in [1.54, 1.807) is 36.4 Å². The first-order chi connectivity index (χ1) is 14.3. The molecule has 0 aliphatic carbocycles. The summed E-state index contributed by atoms with van der Waals surface area (Å²) in [5, 5.41) is 1.67. The van der Waals surface area contributed by atoms with Gasteiger partial charge in [-0.2, -0.15) is 0 Å². The van der Waals surface area contributed by atoms with Crippen molar-refractivity contribution in [2.75, 3.05) is 6.54 Å². The predicted octanol–water partition coefficient (Wildman–Crippen LogP) is 4.55. The van der Waals surface area contributed by atoms with E-state index in [0.717, 1.165) is 22.3 Å². The van der Waals surface area contributed by atoms with Crippen LogP contribution in [0.25, 0.3) is 6.08 Å². The average Bonchev–Trinajstić information content (AvgIpc) is 3.24. The largest absolute Gasteiger partial charge is 0.468 e. The topological polar surface area (TPSA) is 76.4 Å². The van der Waals surface area contributed by atoms with Crippen LogP contribution in [0.3, 0.4) is 0 Å². The second-order valence-electron chi connectivity index (χ2n) is 7.28. The van der Waals surface area contributed by atoms with Crippen LogP contribution in [0, 0.1) is 20.8 Å². The van der Waals surface area contributed by atoms with Gasteiger partial charge in [-0.05, 0) is 67.8 Å². The molecule has 0 unspecified atom stereocenters. The molecule has 30 heavy (non-hydrogen) atoms. The minimum absolute atomic E-state index is 0.0974. The Bertz CT molecular complexity index is 1140. The van der Waals surface area contributed by atoms with Crippen molar-refractivity contribution in [3.05, 3.63) is 95.0 Å². The third kappa shape index (κ3) is 5.07. The lowest BCUT2D eigenvalue weighted by Crippen LogP contribution is -2.30. The quantitative estimate of drug-likeness (QED) is 0.566. The number of carbonyl (C=O) groups excluding carboxylic acids is 1. The highest BCUT2D eigenvalue weighted by atomic mass is 32.2. The third-order valence-electron chi connectivity index (χ3n) is 5.01. The van der Waals surface area contributed by atoms with Gasteiger partial charge in [0, 0.05) is 12.6 Å². The van der Waals surface area contributed by atoms with Gasteiger partial charge in [-0.1, -0.05) is 35.9 Å². The van der Waals surface area contributed by atoms with Gasteiger partial charge in [-0.15, -0.1) is 0 Å². The van der Waals surface area contributed by atoms with Gasteiger partial charge in [0.2, 0.25) is 5.91 Å². The molecule has 1 heterocycles. The number of aryl methyl sites for hydroxylation is 3. The Morgan fingerprint density at radius 2 is 1.77 bits per heavy atom. The average molecular weight is 424 g/mol. The molecule has 0 aliphatic rings. The van der Waals surface area contributed by atoms with Crippen molar-refractivity contribution < 1.29 is 17.6 Å². The molecule has 0 aliphatic heterocycles. The molecule has 6 heteroatoms. The van der Waals surface area contributed by atoms with Crippen LogP contribution in [0.2, 0.25) is 0 Å². The summed E-state index contributed by atoms with van der Waals surface area (Å²) in [4.78, 5) is 12.5. The summed E-state index contributed by atoms with van der Waals surface area (Å²) in [5.41, 5.74) is 3.92. The molecule has 0 saturated carbocycles. The number of nitrogens with one attached hydrogen (secondary N) is 1. The molecule has 0 fully saturated rings. The number of sulfone groups is 1. The van der Waals surface area contributed by atoms with E-state index in [-0.39, 0.29) is 23.1 Å². The maximum absolute atomic E-state index is 13.3. The summed E-state index contributed by atoms with van der Waals surface area (Å²) in [7, 11) is -3.76. The smallest absolute Gasteiger partial charge is 0.244 e. The van der Waals surface area contributed by atoms with E-state index < -0.39 is 15.1 Å². The summed E-state index contributed by atoms with van der Waals surface area (Å²) in [5.74, 6) is -0.0848. The van der Waals surface area contributed by atoms with Crippen LogP contribution in [0.1, 0.15) is 33.3 Å². The normalized spacial score (nSPS) is 12.8. The molecule has 0 saturated heterocycles. The van der Waals surface area contributed by atoms with E-state index in [1.807, 2.05) is 45.0 Å². The second kappa shape index (κ2) is 9.13. The Morgan fingerprint density at radius 1 is 1.03 bits per heavy atom. The first-order valence-corrected chi connectivity index (χ1v) is 11.2. The molecule has 5 nitrogen and oxygen atoms in total. The zero-order valence-electron chi connectivity index (χ0n) is 17.3. The Labute approximate surface area is 177 Å². The zero-order valence-corrected chi connectivity index (χ0v) is 18.1. The number of rotatable bonds is 7. The summed E-state index contributed by atoms with van der Waals surface area (Å²) in [6, 6.07) is 16.0. The van der Waals surface area contributed by atoms with Crippen LogP contribution < -0.4 is 5.32 Å². The fraction of sp³-hybridized carbons (Fsp3) is 0.208. The first-order valence-electron chi connectivity index (χ1n) is 9.64. The SMILES string of the molecule is Cc1ccc(/C=C/C(=O)NC[C@@H](c2ccco2)S(=O)(=O)c2ccc(C)c(C)c2)cc1. The lowest BCUT2D eigenvalue weighted by atomic mass is 10.1. The van der Waals surface area contributed by atoms with Crippen LogP contribution in [-0.4, -0.2) is 20.9 Å². The van der Waals surface area contributed by atoms with Crippen molar-refractivity contribution in [2.24, 2.45) is 0 Å². The maximum atomic E-state index is 13.3. The molecule has 3 aromatic rings. The standard InChI is InChI=1S/C24H25NO4S/c1-17-6-9-20(10-7-17)11-13-24(26)25-16-23(22-5-4-14-29-22)30(27,28)21-12-8-18(2)19(3)15-21/h4-15,23H,16H2,1-3H3,(H,25,26)/b13-11+/t23-/m0/s1. The lowest BCUT2D eigenvalue weighted by molar-refractivity contribution is -0.116. The van der Waals surface area contributed by atoms with Gasteiger partial charge in [0.05, 0.1) is 11.2 Å². The molecular formula is C24H25NO4S. The van der Waals surface area contributed by atoms with E-state index in [2.05, 4.69) is 5.32 Å². The minimum atomic E-state index is -3.76. The molecule has 0 bridgehead atoms. The van der Waals surface area contributed by atoms with Gasteiger partial charge in [-0.3, -0.25) is 4.79 Å². The first kappa shape index (κ1) is 21.6. The molecule has 0 radical (unpaired) electrons. The van der Waals surface area contributed by atoms with E-state index >= 15 is 0 Å². The van der Waals surface area contributed by atoms with Gasteiger partial charge < -0.3 is 9.73 Å². The molecule has 156 valence electrons. The van der Waals surface area contributed by atoms with Crippen molar-refractivity contribution in [1.82, 2.24) is 5.32 Å². The fourth-order valence-electron chi connectivity index (χ4n) is 2.99. The number of amides is 1. The molecular weight excluding hydrogens is 398 g/mol. The molecule has 1 atom stereocenters. The predicted molar refractivity (Wildman–Crippen MR) is 118 cm³/mol. The van der Waals surface area contributed by atoms with Gasteiger partial charge in [0.1, 0.15) is 11.0 Å². The van der Waals surface area contributed by atoms with E-state index in [9.17, 15) is 13.2 Å². The van der Waals surface area contributed by atoms with Crippen molar-refractivity contribution in [3.8, 4) is 0 Å². The van der Waals surface area contributed by atoms with Crippen molar-refractivity contribution >= 4 is 21.8 Å². The highest BCUT2D eigenvalue weighted by molar-refractivity contribution is 7.91. The van der Waals surface area contributed by atoms with Gasteiger partial charge >= 0.3 is 0 Å². The molecule has 0 spiro atoms. The van der Waals surface area contributed by atoms with Gasteiger partial charge in [0.25, 0.3) is 0 Å². The van der Waals surface area contributed by atoms with E-state index in [1.165, 1.54) is 12.3 Å². The highest BCUT2D eigenvalue weighted by Crippen LogP contribution is 2.30. The third-order valence-corrected chi connectivity index (χ3v) is 7.07.